The molecule has 0 spiro atoms. The van der Waals surface area contributed by atoms with Crippen molar-refractivity contribution in [2.45, 2.75) is 19.9 Å². The second kappa shape index (κ2) is 7.40. The van der Waals surface area contributed by atoms with E-state index in [4.69, 9.17) is 4.42 Å². The second-order valence-corrected chi connectivity index (χ2v) is 4.25. The van der Waals surface area contributed by atoms with Gasteiger partial charge in [0.2, 0.25) is 17.7 Å². The Morgan fingerprint density at radius 2 is 2.05 bits per heavy atom. The van der Waals surface area contributed by atoms with Gasteiger partial charge in [-0.25, -0.2) is 0 Å². The first-order chi connectivity index (χ1) is 9.79. The highest BCUT2D eigenvalue weighted by atomic mass is 16.4. The molecule has 0 radical (unpaired) electrons. The average Bonchev–Trinajstić information content (AvgIpc) is 2.94. The van der Waals surface area contributed by atoms with Gasteiger partial charge in [0.25, 0.3) is 0 Å². The summed E-state index contributed by atoms with van der Waals surface area (Å²) < 4.78 is 5.54. The number of nitrogens with zero attached hydrogens (tertiary/aromatic N) is 2. The first-order valence-corrected chi connectivity index (χ1v) is 6.65. The molecule has 0 unspecified atom stereocenters. The van der Waals surface area contributed by atoms with Crippen LogP contribution in [0.1, 0.15) is 19.2 Å². The zero-order valence-corrected chi connectivity index (χ0v) is 11.4. The van der Waals surface area contributed by atoms with Gasteiger partial charge in [-0.1, -0.05) is 18.2 Å². The molecule has 0 atom stereocenters. The summed E-state index contributed by atoms with van der Waals surface area (Å²) in [5, 5.41) is 13.8. The van der Waals surface area contributed by atoms with E-state index in [9.17, 15) is 4.79 Å². The molecule has 0 saturated heterocycles. The summed E-state index contributed by atoms with van der Waals surface area (Å²) in [5.41, 5.74) is 0.897. The molecule has 2 aromatic rings. The van der Waals surface area contributed by atoms with Crippen molar-refractivity contribution < 1.29 is 9.21 Å². The van der Waals surface area contributed by atoms with E-state index in [1.165, 1.54) is 0 Å². The van der Waals surface area contributed by atoms with Crippen LogP contribution >= 0.6 is 0 Å². The van der Waals surface area contributed by atoms with Gasteiger partial charge >= 0.3 is 0 Å². The second-order valence-electron chi connectivity index (χ2n) is 4.25. The third-order valence-corrected chi connectivity index (χ3v) is 2.67. The topological polar surface area (TPSA) is 80.0 Å². The fraction of sp³-hybridized carbons (Fsp3) is 0.357. The summed E-state index contributed by atoms with van der Waals surface area (Å²) >= 11 is 0. The normalized spacial score (nSPS) is 10.4. The minimum Gasteiger partial charge on any atom is -0.419 e. The van der Waals surface area contributed by atoms with E-state index in [0.717, 1.165) is 5.56 Å². The summed E-state index contributed by atoms with van der Waals surface area (Å²) in [6, 6.07) is 9.61. The quantitative estimate of drug-likeness (QED) is 0.745. The highest BCUT2D eigenvalue weighted by molar-refractivity contribution is 5.75. The zero-order valence-electron chi connectivity index (χ0n) is 11.4. The Morgan fingerprint density at radius 1 is 1.25 bits per heavy atom. The van der Waals surface area contributed by atoms with E-state index in [1.807, 2.05) is 37.3 Å². The third kappa shape index (κ3) is 4.17. The van der Waals surface area contributed by atoms with Gasteiger partial charge in [-0.05, 0) is 19.1 Å². The molecule has 1 amide bonds. The first-order valence-electron chi connectivity index (χ1n) is 6.65. The van der Waals surface area contributed by atoms with E-state index in [2.05, 4.69) is 20.8 Å². The largest absolute Gasteiger partial charge is 0.419 e. The van der Waals surface area contributed by atoms with Crippen molar-refractivity contribution in [3.63, 3.8) is 0 Å². The van der Waals surface area contributed by atoms with Crippen LogP contribution in [-0.4, -0.2) is 29.2 Å². The van der Waals surface area contributed by atoms with Gasteiger partial charge in [-0.3, -0.25) is 4.79 Å². The average molecular weight is 274 g/mol. The summed E-state index contributed by atoms with van der Waals surface area (Å²) in [6.07, 6.45) is 0.438. The van der Waals surface area contributed by atoms with Gasteiger partial charge in [0, 0.05) is 25.1 Å². The maximum Gasteiger partial charge on any atom is 0.247 e. The molecule has 0 aliphatic heterocycles. The summed E-state index contributed by atoms with van der Waals surface area (Å²) in [6.45, 7) is 3.59. The van der Waals surface area contributed by atoms with Gasteiger partial charge in [-0.2, -0.15) is 0 Å². The van der Waals surface area contributed by atoms with Crippen molar-refractivity contribution >= 4 is 5.91 Å². The molecule has 6 nitrogen and oxygen atoms in total. The van der Waals surface area contributed by atoms with Crippen LogP contribution in [-0.2, 0) is 11.3 Å². The first kappa shape index (κ1) is 14.2. The maximum absolute atomic E-state index is 11.2. The van der Waals surface area contributed by atoms with Gasteiger partial charge in [-0.15, -0.1) is 10.2 Å². The van der Waals surface area contributed by atoms with Crippen molar-refractivity contribution in [1.82, 2.24) is 20.8 Å². The van der Waals surface area contributed by atoms with E-state index in [0.29, 0.717) is 37.8 Å². The third-order valence-electron chi connectivity index (χ3n) is 2.67. The number of hydrogen-bond acceptors (Lipinski definition) is 5. The molecule has 106 valence electrons. The molecule has 0 bridgehead atoms. The lowest BCUT2D eigenvalue weighted by molar-refractivity contribution is -0.120. The predicted octanol–water partition coefficient (Wildman–Crippen LogP) is 1.35. The SMILES string of the molecule is CCNC(=O)CCNCc1nnc(-c2ccccc2)o1. The number of carbonyl (C=O) groups is 1. The van der Waals surface area contributed by atoms with Crippen molar-refractivity contribution in [2.75, 3.05) is 13.1 Å². The molecule has 1 aromatic carbocycles. The Hall–Kier alpha value is -2.21. The van der Waals surface area contributed by atoms with Crippen LogP contribution in [0.25, 0.3) is 11.5 Å². The van der Waals surface area contributed by atoms with Gasteiger partial charge in [0.1, 0.15) is 0 Å². The maximum atomic E-state index is 11.2. The Morgan fingerprint density at radius 3 is 2.80 bits per heavy atom. The van der Waals surface area contributed by atoms with Crippen LogP contribution in [0.15, 0.2) is 34.7 Å². The molecular formula is C14H18N4O2. The van der Waals surface area contributed by atoms with Crippen LogP contribution in [0.5, 0.6) is 0 Å². The number of amides is 1. The number of nitrogens with one attached hydrogen (secondary N) is 2. The summed E-state index contributed by atoms with van der Waals surface area (Å²) in [4.78, 5) is 11.2. The van der Waals surface area contributed by atoms with Gasteiger partial charge in [0.15, 0.2) is 0 Å². The smallest absolute Gasteiger partial charge is 0.247 e. The molecule has 1 aromatic heterocycles. The van der Waals surface area contributed by atoms with Crippen LogP contribution < -0.4 is 10.6 Å². The fourth-order valence-electron chi connectivity index (χ4n) is 1.71. The fourth-order valence-corrected chi connectivity index (χ4v) is 1.71. The highest BCUT2D eigenvalue weighted by Crippen LogP contribution is 2.16. The van der Waals surface area contributed by atoms with E-state index in [-0.39, 0.29) is 5.91 Å². The van der Waals surface area contributed by atoms with E-state index in [1.54, 1.807) is 0 Å². The lowest BCUT2D eigenvalue weighted by Gasteiger charge is -2.02. The Bertz CT molecular complexity index is 539. The lowest BCUT2D eigenvalue weighted by Crippen LogP contribution is -2.27. The number of rotatable bonds is 7. The minimum absolute atomic E-state index is 0.0375. The molecule has 2 N–H and O–H groups in total. The van der Waals surface area contributed by atoms with Crippen molar-refractivity contribution in [1.29, 1.82) is 0 Å². The lowest BCUT2D eigenvalue weighted by atomic mass is 10.2. The molecule has 20 heavy (non-hydrogen) atoms. The molecule has 6 heteroatoms. The molecule has 0 aliphatic rings. The Labute approximate surface area is 117 Å². The Kier molecular flexibility index (Phi) is 5.25. The summed E-state index contributed by atoms with van der Waals surface area (Å²) in [5.74, 6) is 1.06. The number of hydrogen-bond donors (Lipinski definition) is 2. The molecule has 2 rings (SSSR count). The number of benzene rings is 1. The van der Waals surface area contributed by atoms with Gasteiger partial charge < -0.3 is 15.1 Å². The molecule has 1 heterocycles. The van der Waals surface area contributed by atoms with Crippen LogP contribution in [0.4, 0.5) is 0 Å². The van der Waals surface area contributed by atoms with Crippen molar-refractivity contribution in [3.8, 4) is 11.5 Å². The van der Waals surface area contributed by atoms with Crippen molar-refractivity contribution in [2.24, 2.45) is 0 Å². The molecule has 0 aliphatic carbocycles. The Balaban J connectivity index is 1.78. The zero-order chi connectivity index (χ0) is 14.2. The molecular weight excluding hydrogens is 256 g/mol. The monoisotopic (exact) mass is 274 g/mol. The minimum atomic E-state index is 0.0375. The predicted molar refractivity (Wildman–Crippen MR) is 74.7 cm³/mol. The van der Waals surface area contributed by atoms with E-state index >= 15 is 0 Å². The van der Waals surface area contributed by atoms with Gasteiger partial charge in [0.05, 0.1) is 6.54 Å². The van der Waals surface area contributed by atoms with Crippen molar-refractivity contribution in [3.05, 3.63) is 36.2 Å². The molecule has 0 saturated carbocycles. The standard InChI is InChI=1S/C14H18N4O2/c1-2-16-12(19)8-9-15-10-13-17-18-14(20-13)11-6-4-3-5-7-11/h3-7,15H,2,8-10H2,1H3,(H,16,19). The van der Waals surface area contributed by atoms with Crippen LogP contribution in [0.3, 0.4) is 0 Å². The van der Waals surface area contributed by atoms with Crippen LogP contribution in [0, 0.1) is 0 Å². The highest BCUT2D eigenvalue weighted by Gasteiger charge is 2.07. The number of carbonyl (C=O) groups excluding carboxylic acids is 1. The van der Waals surface area contributed by atoms with E-state index < -0.39 is 0 Å². The summed E-state index contributed by atoms with van der Waals surface area (Å²) in [7, 11) is 0. The van der Waals surface area contributed by atoms with Crippen LogP contribution in [0.2, 0.25) is 0 Å². The molecule has 0 fully saturated rings. The number of aromatic nitrogens is 2.